The van der Waals surface area contributed by atoms with E-state index < -0.39 is 6.04 Å². The molecule has 4 nitrogen and oxygen atoms in total. The Bertz CT molecular complexity index is 889. The van der Waals surface area contributed by atoms with Gasteiger partial charge in [0.15, 0.2) is 0 Å². The minimum absolute atomic E-state index is 0.0892. The molecule has 0 saturated carbocycles. The van der Waals surface area contributed by atoms with E-state index in [2.05, 4.69) is 50.4 Å². The van der Waals surface area contributed by atoms with E-state index in [0.717, 1.165) is 11.1 Å². The van der Waals surface area contributed by atoms with Crippen LogP contribution in [0.5, 0.6) is 0 Å². The number of carbonyl (C=O) groups is 2. The smallest absolute Gasteiger partial charge is 0.242 e. The molecule has 0 heterocycles. The number of carbonyl (C=O) groups excluding carboxylic acids is 2. The molecule has 0 aliphatic carbocycles. The standard InChI is InChI=1S/C24H30Cl2N2O2/c1-16(23(30)27-5)28(15-18-9-12-20(25)14-21(18)26)22(29)13-8-17-6-10-19(11-7-17)24(2,3)4/h6-7,9-12,14,16H,8,13,15H2,1-5H3,(H,27,30)/t16-/m1/s1. The van der Waals surface area contributed by atoms with Crippen molar-refractivity contribution in [2.45, 2.75) is 58.5 Å². The van der Waals surface area contributed by atoms with Crippen LogP contribution >= 0.6 is 23.2 Å². The third-order valence-electron chi connectivity index (χ3n) is 5.22. The Morgan fingerprint density at radius 1 is 1.07 bits per heavy atom. The van der Waals surface area contributed by atoms with Gasteiger partial charge in [-0.25, -0.2) is 0 Å². The highest BCUT2D eigenvalue weighted by Gasteiger charge is 2.26. The van der Waals surface area contributed by atoms with Gasteiger partial charge in [0.1, 0.15) is 6.04 Å². The fourth-order valence-electron chi connectivity index (χ4n) is 3.19. The van der Waals surface area contributed by atoms with E-state index in [9.17, 15) is 9.59 Å². The van der Waals surface area contributed by atoms with Gasteiger partial charge in [-0.05, 0) is 47.6 Å². The summed E-state index contributed by atoms with van der Waals surface area (Å²) in [7, 11) is 1.56. The van der Waals surface area contributed by atoms with Crippen molar-refractivity contribution in [3.8, 4) is 0 Å². The van der Waals surface area contributed by atoms with Crippen molar-refractivity contribution in [1.29, 1.82) is 0 Å². The van der Waals surface area contributed by atoms with E-state index in [0.29, 0.717) is 22.9 Å². The number of halogens is 2. The molecule has 6 heteroatoms. The third kappa shape index (κ3) is 6.48. The van der Waals surface area contributed by atoms with Crippen molar-refractivity contribution in [2.75, 3.05) is 7.05 Å². The molecule has 0 aromatic heterocycles. The van der Waals surface area contributed by atoms with Gasteiger partial charge >= 0.3 is 0 Å². The second-order valence-electron chi connectivity index (χ2n) is 8.49. The Morgan fingerprint density at radius 2 is 1.70 bits per heavy atom. The molecule has 0 bridgehead atoms. The summed E-state index contributed by atoms with van der Waals surface area (Å²) < 4.78 is 0. The highest BCUT2D eigenvalue weighted by Crippen LogP contribution is 2.25. The summed E-state index contributed by atoms with van der Waals surface area (Å²) >= 11 is 12.3. The van der Waals surface area contributed by atoms with Crippen molar-refractivity contribution >= 4 is 35.0 Å². The molecular weight excluding hydrogens is 419 g/mol. The predicted molar refractivity (Wildman–Crippen MR) is 124 cm³/mol. The van der Waals surface area contributed by atoms with Gasteiger partial charge in [0.05, 0.1) is 0 Å². The second-order valence-corrected chi connectivity index (χ2v) is 9.34. The first-order valence-electron chi connectivity index (χ1n) is 10.1. The van der Waals surface area contributed by atoms with Gasteiger partial charge < -0.3 is 10.2 Å². The molecule has 2 aromatic carbocycles. The number of nitrogens with zero attached hydrogens (tertiary/aromatic N) is 1. The molecule has 2 rings (SSSR count). The van der Waals surface area contributed by atoms with Gasteiger partial charge in [-0.3, -0.25) is 9.59 Å². The molecule has 30 heavy (non-hydrogen) atoms. The molecule has 0 aliphatic rings. The van der Waals surface area contributed by atoms with Crippen LogP contribution < -0.4 is 5.32 Å². The zero-order chi connectivity index (χ0) is 22.5. The number of hydrogen-bond acceptors (Lipinski definition) is 2. The molecule has 2 amide bonds. The minimum atomic E-state index is -0.613. The summed E-state index contributed by atoms with van der Waals surface area (Å²) in [5.74, 6) is -0.319. The molecular formula is C24H30Cl2N2O2. The summed E-state index contributed by atoms with van der Waals surface area (Å²) in [5, 5.41) is 3.62. The van der Waals surface area contributed by atoms with Crippen molar-refractivity contribution < 1.29 is 9.59 Å². The van der Waals surface area contributed by atoms with Crippen LogP contribution in [-0.2, 0) is 28.0 Å². The van der Waals surface area contributed by atoms with E-state index in [1.165, 1.54) is 5.56 Å². The highest BCUT2D eigenvalue weighted by molar-refractivity contribution is 6.35. The normalized spacial score (nSPS) is 12.4. The van der Waals surface area contributed by atoms with E-state index in [4.69, 9.17) is 23.2 Å². The molecule has 0 spiro atoms. The number of aryl methyl sites for hydroxylation is 1. The summed E-state index contributed by atoms with van der Waals surface area (Å²) in [6, 6.07) is 12.9. The topological polar surface area (TPSA) is 49.4 Å². The van der Waals surface area contributed by atoms with Crippen LogP contribution in [0.2, 0.25) is 10.0 Å². The molecule has 1 atom stereocenters. The summed E-state index contributed by atoms with van der Waals surface area (Å²) in [5.41, 5.74) is 3.18. The quantitative estimate of drug-likeness (QED) is 0.617. The van der Waals surface area contributed by atoms with Crippen LogP contribution in [-0.4, -0.2) is 29.8 Å². The fourth-order valence-corrected chi connectivity index (χ4v) is 3.66. The highest BCUT2D eigenvalue weighted by atomic mass is 35.5. The number of benzene rings is 2. The van der Waals surface area contributed by atoms with Crippen molar-refractivity contribution in [3.63, 3.8) is 0 Å². The van der Waals surface area contributed by atoms with Gasteiger partial charge in [0.25, 0.3) is 0 Å². The first kappa shape index (κ1) is 24.2. The van der Waals surface area contributed by atoms with Crippen LogP contribution in [0, 0.1) is 0 Å². The second kappa shape index (κ2) is 10.3. The maximum Gasteiger partial charge on any atom is 0.242 e. The monoisotopic (exact) mass is 448 g/mol. The van der Waals surface area contributed by atoms with Gasteiger partial charge in [0, 0.05) is 30.1 Å². The Hall–Kier alpha value is -2.04. The van der Waals surface area contributed by atoms with Crippen molar-refractivity contribution in [2.24, 2.45) is 0 Å². The summed E-state index contributed by atoms with van der Waals surface area (Å²) in [4.78, 5) is 26.9. The maximum atomic E-state index is 13.1. The lowest BCUT2D eigenvalue weighted by Gasteiger charge is -2.29. The molecule has 0 aliphatic heterocycles. The Morgan fingerprint density at radius 3 is 2.23 bits per heavy atom. The largest absolute Gasteiger partial charge is 0.357 e. The number of hydrogen-bond donors (Lipinski definition) is 1. The van der Waals surface area contributed by atoms with Crippen LogP contribution in [0.1, 0.15) is 50.8 Å². The van der Waals surface area contributed by atoms with Crippen molar-refractivity contribution in [3.05, 3.63) is 69.2 Å². The zero-order valence-electron chi connectivity index (χ0n) is 18.3. The molecule has 0 unspecified atom stereocenters. The average molecular weight is 449 g/mol. The van der Waals surface area contributed by atoms with Crippen LogP contribution in [0.15, 0.2) is 42.5 Å². The third-order valence-corrected chi connectivity index (χ3v) is 5.80. The molecule has 162 valence electrons. The first-order chi connectivity index (χ1) is 14.0. The van der Waals surface area contributed by atoms with Crippen LogP contribution in [0.3, 0.4) is 0 Å². The van der Waals surface area contributed by atoms with E-state index >= 15 is 0 Å². The van der Waals surface area contributed by atoms with Gasteiger partial charge in [-0.2, -0.15) is 0 Å². The molecule has 2 aromatic rings. The minimum Gasteiger partial charge on any atom is -0.357 e. The van der Waals surface area contributed by atoms with Crippen LogP contribution in [0.4, 0.5) is 0 Å². The lowest BCUT2D eigenvalue weighted by Crippen LogP contribution is -2.46. The summed E-state index contributed by atoms with van der Waals surface area (Å²) in [6.45, 7) is 8.48. The van der Waals surface area contributed by atoms with Gasteiger partial charge in [-0.1, -0.05) is 74.3 Å². The Kier molecular flexibility index (Phi) is 8.34. The molecule has 0 fully saturated rings. The van der Waals surface area contributed by atoms with E-state index in [-0.39, 0.29) is 23.8 Å². The van der Waals surface area contributed by atoms with Crippen LogP contribution in [0.25, 0.3) is 0 Å². The molecule has 0 saturated heterocycles. The van der Waals surface area contributed by atoms with Gasteiger partial charge in [0.2, 0.25) is 11.8 Å². The predicted octanol–water partition coefficient (Wildman–Crippen LogP) is 5.39. The lowest BCUT2D eigenvalue weighted by atomic mass is 9.86. The maximum absolute atomic E-state index is 13.1. The number of rotatable bonds is 7. The fraction of sp³-hybridized carbons (Fsp3) is 0.417. The van der Waals surface area contributed by atoms with E-state index in [1.807, 2.05) is 0 Å². The summed E-state index contributed by atoms with van der Waals surface area (Å²) in [6.07, 6.45) is 0.913. The average Bonchev–Trinajstić information content (AvgIpc) is 2.70. The number of amides is 2. The SMILES string of the molecule is CNC(=O)[C@@H](C)N(Cc1ccc(Cl)cc1Cl)C(=O)CCc1ccc(C(C)(C)C)cc1. The van der Waals surface area contributed by atoms with Gasteiger partial charge in [-0.15, -0.1) is 0 Å². The zero-order valence-corrected chi connectivity index (χ0v) is 19.8. The number of nitrogens with one attached hydrogen (secondary N) is 1. The molecule has 0 radical (unpaired) electrons. The first-order valence-corrected chi connectivity index (χ1v) is 10.8. The Labute approximate surface area is 189 Å². The number of likely N-dealkylation sites (N-methyl/N-ethyl adjacent to an activating group) is 1. The van der Waals surface area contributed by atoms with E-state index in [1.54, 1.807) is 37.1 Å². The van der Waals surface area contributed by atoms with Crippen molar-refractivity contribution in [1.82, 2.24) is 10.2 Å². The Balaban J connectivity index is 2.15. The molecule has 1 N–H and O–H groups in total. The lowest BCUT2D eigenvalue weighted by molar-refractivity contribution is -0.140.